The molecule has 1 N–H and O–H groups in total. The van der Waals surface area contributed by atoms with Gasteiger partial charge in [0.1, 0.15) is 6.42 Å². The first-order valence-corrected chi connectivity index (χ1v) is 3.25. The lowest BCUT2D eigenvalue weighted by Gasteiger charge is -2.00. The zero-order valence-corrected chi connectivity index (χ0v) is 6.53. The van der Waals surface area contributed by atoms with Crippen LogP contribution in [0.1, 0.15) is 13.3 Å². The smallest absolute Gasteiger partial charge is 0.343 e. The van der Waals surface area contributed by atoms with Crippen LogP contribution in [0.2, 0.25) is 0 Å². The fraction of sp³-hybridized carbons (Fsp3) is 0.500. The van der Waals surface area contributed by atoms with Crippen LogP contribution in [0.3, 0.4) is 0 Å². The van der Waals surface area contributed by atoms with E-state index < -0.39 is 18.4 Å². The van der Waals surface area contributed by atoms with Crippen LogP contribution in [0.25, 0.3) is 0 Å². The summed E-state index contributed by atoms with van der Waals surface area (Å²) in [5.74, 6) is -1.55. The molecule has 0 aliphatic carbocycles. The zero-order valence-electron chi connectivity index (χ0n) is 6.53. The molecular weight excluding hydrogens is 166 g/mol. The highest BCUT2D eigenvalue weighted by atomic mass is 16.7. The van der Waals surface area contributed by atoms with Gasteiger partial charge in [0.2, 0.25) is 6.41 Å². The second-order valence-corrected chi connectivity index (χ2v) is 1.69. The van der Waals surface area contributed by atoms with Gasteiger partial charge in [0.15, 0.2) is 0 Å². The summed E-state index contributed by atoms with van der Waals surface area (Å²) in [6, 6.07) is 0. The number of rotatable bonds is 5. The fourth-order valence-corrected chi connectivity index (χ4v) is 0.456. The molecule has 0 aromatic heterocycles. The average Bonchev–Trinajstić information content (AvgIpc) is 2.01. The number of hydrogen-bond acceptors (Lipinski definition) is 5. The van der Waals surface area contributed by atoms with Gasteiger partial charge in [-0.2, -0.15) is 5.48 Å². The fourth-order valence-electron chi connectivity index (χ4n) is 0.456. The maximum absolute atomic E-state index is 10.6. The molecule has 68 valence electrons. The second-order valence-electron chi connectivity index (χ2n) is 1.69. The van der Waals surface area contributed by atoms with Crippen molar-refractivity contribution in [2.24, 2.45) is 0 Å². The van der Waals surface area contributed by atoms with E-state index in [4.69, 9.17) is 0 Å². The van der Waals surface area contributed by atoms with Crippen LogP contribution < -0.4 is 5.48 Å². The van der Waals surface area contributed by atoms with Crippen molar-refractivity contribution < 1.29 is 24.0 Å². The molecule has 0 aliphatic heterocycles. The second kappa shape index (κ2) is 6.14. The highest BCUT2D eigenvalue weighted by Crippen LogP contribution is 1.88. The standard InChI is InChI=1S/C6H9NO5/c1-2-11-5(9)3-6(10)12-7-4-8/h4H,2-3H2,1H3,(H,7,8). The van der Waals surface area contributed by atoms with Crippen molar-refractivity contribution in [1.82, 2.24) is 5.48 Å². The molecule has 0 atom stereocenters. The SMILES string of the molecule is CCOC(=O)CC(=O)ONC=O. The summed E-state index contributed by atoms with van der Waals surface area (Å²) in [6.07, 6.45) is -0.322. The highest BCUT2D eigenvalue weighted by molar-refractivity contribution is 5.91. The van der Waals surface area contributed by atoms with Crippen LogP contribution in [0.4, 0.5) is 0 Å². The van der Waals surface area contributed by atoms with Crippen LogP contribution in [-0.4, -0.2) is 25.0 Å². The molecule has 0 saturated heterocycles. The van der Waals surface area contributed by atoms with E-state index in [2.05, 4.69) is 9.57 Å². The first-order valence-electron chi connectivity index (χ1n) is 3.25. The highest BCUT2D eigenvalue weighted by Gasteiger charge is 2.10. The Kier molecular flexibility index (Phi) is 5.33. The van der Waals surface area contributed by atoms with Gasteiger partial charge in [-0.25, -0.2) is 4.79 Å². The number of hydroxylamine groups is 1. The van der Waals surface area contributed by atoms with Crippen LogP contribution in [0.15, 0.2) is 0 Å². The van der Waals surface area contributed by atoms with E-state index in [0.29, 0.717) is 0 Å². The topological polar surface area (TPSA) is 81.7 Å². The molecule has 0 bridgehead atoms. The number of amides is 1. The Morgan fingerprint density at radius 1 is 1.42 bits per heavy atom. The van der Waals surface area contributed by atoms with Crippen LogP contribution in [0.5, 0.6) is 0 Å². The van der Waals surface area contributed by atoms with E-state index in [9.17, 15) is 14.4 Å². The monoisotopic (exact) mass is 175 g/mol. The summed E-state index contributed by atoms with van der Waals surface area (Å²) >= 11 is 0. The van der Waals surface area contributed by atoms with Gasteiger partial charge in [0.05, 0.1) is 6.61 Å². The number of esters is 1. The molecule has 0 heterocycles. The molecule has 12 heavy (non-hydrogen) atoms. The third-order valence-corrected chi connectivity index (χ3v) is 0.815. The maximum atomic E-state index is 10.6. The Hall–Kier alpha value is -1.59. The number of hydrogen-bond donors (Lipinski definition) is 1. The lowest BCUT2D eigenvalue weighted by Crippen LogP contribution is -2.21. The van der Waals surface area contributed by atoms with Gasteiger partial charge >= 0.3 is 11.9 Å². The molecule has 0 aromatic rings. The van der Waals surface area contributed by atoms with Gasteiger partial charge in [-0.3, -0.25) is 9.59 Å². The maximum Gasteiger partial charge on any atom is 0.343 e. The number of ether oxygens (including phenoxy) is 1. The summed E-state index contributed by atoms with van der Waals surface area (Å²) in [5.41, 5.74) is 1.66. The normalized spacial score (nSPS) is 8.42. The van der Waals surface area contributed by atoms with Gasteiger partial charge in [0, 0.05) is 0 Å². The number of nitrogens with one attached hydrogen (secondary N) is 1. The van der Waals surface area contributed by atoms with Gasteiger partial charge in [0.25, 0.3) is 0 Å². The zero-order chi connectivity index (χ0) is 9.40. The molecule has 0 saturated carbocycles. The van der Waals surface area contributed by atoms with Crippen molar-refractivity contribution in [1.29, 1.82) is 0 Å². The van der Waals surface area contributed by atoms with Crippen molar-refractivity contribution in [3.63, 3.8) is 0 Å². The summed E-state index contributed by atoms with van der Waals surface area (Å²) in [6.45, 7) is 1.82. The first-order chi connectivity index (χ1) is 5.70. The summed E-state index contributed by atoms with van der Waals surface area (Å²) in [7, 11) is 0. The molecule has 0 unspecified atom stereocenters. The Labute approximate surface area is 68.8 Å². The summed E-state index contributed by atoms with van der Waals surface area (Å²) < 4.78 is 4.44. The van der Waals surface area contributed by atoms with Gasteiger partial charge in [-0.1, -0.05) is 0 Å². The van der Waals surface area contributed by atoms with Gasteiger partial charge in [-0.05, 0) is 6.92 Å². The molecule has 0 radical (unpaired) electrons. The lowest BCUT2D eigenvalue weighted by atomic mass is 10.4. The van der Waals surface area contributed by atoms with Crippen molar-refractivity contribution >= 4 is 18.3 Å². The Morgan fingerprint density at radius 2 is 2.08 bits per heavy atom. The Bertz CT molecular complexity index is 179. The lowest BCUT2D eigenvalue weighted by molar-refractivity contribution is -0.160. The largest absolute Gasteiger partial charge is 0.466 e. The van der Waals surface area contributed by atoms with E-state index in [1.807, 2.05) is 0 Å². The van der Waals surface area contributed by atoms with Crippen LogP contribution in [-0.2, 0) is 24.0 Å². The van der Waals surface area contributed by atoms with Crippen LogP contribution >= 0.6 is 0 Å². The van der Waals surface area contributed by atoms with Crippen molar-refractivity contribution in [2.75, 3.05) is 6.61 Å². The van der Waals surface area contributed by atoms with Crippen molar-refractivity contribution in [3.8, 4) is 0 Å². The molecule has 6 heteroatoms. The predicted octanol–water partition coefficient (Wildman–Crippen LogP) is -0.856. The average molecular weight is 175 g/mol. The Balaban J connectivity index is 3.54. The van der Waals surface area contributed by atoms with E-state index in [0.717, 1.165) is 0 Å². The van der Waals surface area contributed by atoms with Crippen LogP contribution in [0, 0.1) is 0 Å². The number of carbonyl (C=O) groups is 3. The van der Waals surface area contributed by atoms with E-state index in [1.54, 1.807) is 12.4 Å². The molecular formula is C6H9NO5. The first kappa shape index (κ1) is 10.4. The van der Waals surface area contributed by atoms with Gasteiger partial charge < -0.3 is 9.57 Å². The predicted molar refractivity (Wildman–Crippen MR) is 36.5 cm³/mol. The minimum absolute atomic E-state index is 0.184. The van der Waals surface area contributed by atoms with Gasteiger partial charge in [-0.15, -0.1) is 0 Å². The molecule has 1 amide bonds. The molecule has 6 nitrogen and oxygen atoms in total. The molecule has 0 spiro atoms. The van der Waals surface area contributed by atoms with E-state index in [1.165, 1.54) is 0 Å². The summed E-state index contributed by atoms with van der Waals surface area (Å²) in [5, 5.41) is 0. The Morgan fingerprint density at radius 3 is 2.58 bits per heavy atom. The third-order valence-electron chi connectivity index (χ3n) is 0.815. The van der Waals surface area contributed by atoms with E-state index >= 15 is 0 Å². The minimum Gasteiger partial charge on any atom is -0.466 e. The molecule has 0 rings (SSSR count). The van der Waals surface area contributed by atoms with Crippen molar-refractivity contribution in [3.05, 3.63) is 0 Å². The molecule has 0 fully saturated rings. The number of carbonyl (C=O) groups excluding carboxylic acids is 3. The summed E-state index contributed by atoms with van der Waals surface area (Å²) in [4.78, 5) is 34.8. The minimum atomic E-state index is -0.861. The van der Waals surface area contributed by atoms with E-state index in [-0.39, 0.29) is 13.0 Å². The third kappa shape index (κ3) is 5.21. The molecule has 0 aromatic carbocycles. The molecule has 0 aliphatic rings. The quantitative estimate of drug-likeness (QED) is 0.254. The van der Waals surface area contributed by atoms with Crippen molar-refractivity contribution in [2.45, 2.75) is 13.3 Å².